The molecular weight excluding hydrogens is 435 g/mol. The van der Waals surface area contributed by atoms with E-state index in [0.717, 1.165) is 5.54 Å². The van der Waals surface area contributed by atoms with Crippen molar-refractivity contribution < 1.29 is 57.7 Å². The number of hydrogen-bond donors (Lipinski definition) is 0. The van der Waals surface area contributed by atoms with E-state index in [1.54, 1.807) is 14.6 Å². The maximum atomic E-state index is 2.68. The molecule has 1 aromatic rings. The Morgan fingerprint density at radius 1 is 0.962 bits per heavy atom. The van der Waals surface area contributed by atoms with E-state index in [-0.39, 0.29) is 37.2 Å². The molecule has 0 N–H and O–H groups in total. The van der Waals surface area contributed by atoms with Crippen LogP contribution in [0.2, 0.25) is 12.1 Å². The van der Waals surface area contributed by atoms with Gasteiger partial charge in [-0.05, 0) is 0 Å². The van der Waals surface area contributed by atoms with Crippen LogP contribution in [-0.4, -0.2) is 8.07 Å². The molecule has 0 aromatic heterocycles. The third-order valence-corrected chi connectivity index (χ3v) is 12.5. The Morgan fingerprint density at radius 3 is 2.08 bits per heavy atom. The summed E-state index contributed by atoms with van der Waals surface area (Å²) in [6.45, 7) is 7.44. The number of halogens is 3. The van der Waals surface area contributed by atoms with Gasteiger partial charge in [0, 0.05) is 0 Å². The number of allylic oxidation sites excluding steroid dienone is 4. The predicted octanol–water partition coefficient (Wildman–Crippen LogP) is -3.36. The van der Waals surface area contributed by atoms with Gasteiger partial charge in [0.2, 0.25) is 0 Å². The van der Waals surface area contributed by atoms with Crippen LogP contribution in [0.3, 0.4) is 0 Å². The first-order valence-corrected chi connectivity index (χ1v) is 12.6. The molecule has 26 heavy (non-hydrogen) atoms. The largest absolute Gasteiger partial charge is 1.00 e. The maximum Gasteiger partial charge on any atom is -1.00 e. The van der Waals surface area contributed by atoms with Crippen molar-refractivity contribution in [1.82, 2.24) is 0 Å². The third-order valence-electron chi connectivity index (χ3n) is 6.05. The Labute approximate surface area is 191 Å². The number of hydrogen-bond acceptors (Lipinski definition) is 0. The van der Waals surface area contributed by atoms with Crippen LogP contribution in [0.15, 0.2) is 51.1 Å². The molecule has 2 aliphatic carbocycles. The zero-order valence-electron chi connectivity index (χ0n) is 16.0. The van der Waals surface area contributed by atoms with E-state index in [9.17, 15) is 0 Å². The molecule has 1 aromatic carbocycles. The first-order valence-electron chi connectivity index (χ1n) is 9.26. The van der Waals surface area contributed by atoms with Crippen molar-refractivity contribution in [3.63, 3.8) is 0 Å². The first kappa shape index (κ1) is 26.5. The van der Waals surface area contributed by atoms with Gasteiger partial charge in [0.05, 0.1) is 0 Å². The van der Waals surface area contributed by atoms with Gasteiger partial charge in [-0.2, -0.15) is 0 Å². The van der Waals surface area contributed by atoms with E-state index in [1.165, 1.54) is 38.5 Å². The SMILES string of the molecule is CC(C)C1=CC[C]([Ti+3])=C1[Si](C)(c1ccccc1)C1CCCCC1.[Cl-].[Cl-].[Cl-]. The fourth-order valence-electron chi connectivity index (χ4n) is 4.78. The smallest absolute Gasteiger partial charge is 1.00 e. The molecule has 0 spiro atoms. The maximum absolute atomic E-state index is 2.68. The number of rotatable bonds is 4. The predicted molar refractivity (Wildman–Crippen MR) is 99.1 cm³/mol. The van der Waals surface area contributed by atoms with Gasteiger partial charge in [-0.25, -0.2) is 0 Å². The second kappa shape index (κ2) is 11.5. The van der Waals surface area contributed by atoms with Crippen molar-refractivity contribution in [2.24, 2.45) is 5.92 Å². The van der Waals surface area contributed by atoms with Crippen molar-refractivity contribution in [1.29, 1.82) is 0 Å². The summed E-state index contributed by atoms with van der Waals surface area (Å²) in [5.74, 6) is 0.654. The Balaban J connectivity index is 0.00000208. The molecule has 0 radical (unpaired) electrons. The van der Waals surface area contributed by atoms with Gasteiger partial charge in [0.15, 0.2) is 0 Å². The van der Waals surface area contributed by atoms with Gasteiger partial charge in [0.1, 0.15) is 0 Å². The van der Waals surface area contributed by atoms with Crippen molar-refractivity contribution in [3.05, 3.63) is 51.1 Å². The molecule has 0 nitrogen and oxygen atoms in total. The fourth-order valence-corrected chi connectivity index (χ4v) is 11.7. The zero-order valence-corrected chi connectivity index (χ0v) is 20.8. The molecular formula is C21H29Cl3SiTi. The molecule has 1 fully saturated rings. The second-order valence-corrected chi connectivity index (χ2v) is 13.0. The molecule has 0 aliphatic heterocycles. The molecule has 1 unspecified atom stereocenters. The first-order chi connectivity index (χ1) is 11.0. The summed E-state index contributed by atoms with van der Waals surface area (Å²) >= 11 is 2.40. The molecule has 0 amide bonds. The van der Waals surface area contributed by atoms with Crippen LogP contribution < -0.4 is 42.4 Å². The van der Waals surface area contributed by atoms with Crippen LogP contribution in [0.4, 0.5) is 0 Å². The minimum atomic E-state index is -1.67. The molecule has 0 bridgehead atoms. The Kier molecular flexibility index (Phi) is 11.7. The molecule has 3 rings (SSSR count). The average molecular weight is 464 g/mol. The Morgan fingerprint density at radius 2 is 1.54 bits per heavy atom. The van der Waals surface area contributed by atoms with Gasteiger partial charge >= 0.3 is 155 Å². The molecule has 1 saturated carbocycles. The average Bonchev–Trinajstić information content (AvgIpc) is 2.98. The van der Waals surface area contributed by atoms with Crippen molar-refractivity contribution >= 4 is 13.3 Å². The minimum Gasteiger partial charge on any atom is -1.00 e. The van der Waals surface area contributed by atoms with E-state index >= 15 is 0 Å². The van der Waals surface area contributed by atoms with Crippen molar-refractivity contribution in [3.8, 4) is 0 Å². The molecule has 0 heterocycles. The summed E-state index contributed by atoms with van der Waals surface area (Å²) in [5.41, 5.74) is 2.59. The van der Waals surface area contributed by atoms with E-state index in [4.69, 9.17) is 0 Å². The summed E-state index contributed by atoms with van der Waals surface area (Å²) in [6, 6.07) is 11.5. The Bertz CT molecular complexity index is 621. The molecule has 2 aliphatic rings. The quantitative estimate of drug-likeness (QED) is 0.410. The van der Waals surface area contributed by atoms with Gasteiger partial charge in [-0.1, -0.05) is 0 Å². The summed E-state index contributed by atoms with van der Waals surface area (Å²) in [7, 11) is -1.67. The fraction of sp³-hybridized carbons (Fsp3) is 0.524. The summed E-state index contributed by atoms with van der Waals surface area (Å²) < 4.78 is 1.66. The molecule has 5 heteroatoms. The van der Waals surface area contributed by atoms with Crippen LogP contribution in [0, 0.1) is 5.92 Å². The zero-order chi connectivity index (χ0) is 16.4. The second-order valence-electron chi connectivity index (χ2n) is 7.78. The van der Waals surface area contributed by atoms with Crippen LogP contribution >= 0.6 is 0 Å². The summed E-state index contributed by atoms with van der Waals surface area (Å²) in [5, 5.41) is 3.47. The van der Waals surface area contributed by atoms with Gasteiger partial charge in [-0.3, -0.25) is 0 Å². The standard InChI is InChI=1S/C21H29Si.3ClH.Ti/c1-17(2)20-15-10-16-21(20)22(3,18-11-6-4-7-12-18)19-13-8-5-9-14-19;;;;/h4,6-7,11-12,15,17,19H,5,8-10,13-14H2,1-3H3;3*1H;/q;;;;+3/p-3. The van der Waals surface area contributed by atoms with Gasteiger partial charge in [-0.15, -0.1) is 0 Å². The topological polar surface area (TPSA) is 0 Å². The molecule has 142 valence electrons. The van der Waals surface area contributed by atoms with Crippen molar-refractivity contribution in [2.45, 2.75) is 64.5 Å². The van der Waals surface area contributed by atoms with Crippen LogP contribution in [0.1, 0.15) is 52.4 Å². The van der Waals surface area contributed by atoms with E-state index in [2.05, 4.69) is 77.2 Å². The van der Waals surface area contributed by atoms with Gasteiger partial charge < -0.3 is 37.2 Å². The van der Waals surface area contributed by atoms with Crippen LogP contribution in [-0.2, 0) is 20.4 Å². The minimum absolute atomic E-state index is 0. The summed E-state index contributed by atoms with van der Waals surface area (Å²) in [6.07, 6.45) is 10.9. The van der Waals surface area contributed by atoms with E-state index in [1.807, 2.05) is 5.20 Å². The van der Waals surface area contributed by atoms with E-state index < -0.39 is 8.07 Å². The third kappa shape index (κ3) is 5.10. The van der Waals surface area contributed by atoms with Crippen LogP contribution in [0.25, 0.3) is 0 Å². The monoisotopic (exact) mass is 462 g/mol. The van der Waals surface area contributed by atoms with Gasteiger partial charge in [0.25, 0.3) is 0 Å². The van der Waals surface area contributed by atoms with Crippen LogP contribution in [0.5, 0.6) is 0 Å². The number of benzene rings is 1. The van der Waals surface area contributed by atoms with E-state index in [0.29, 0.717) is 5.92 Å². The Hall–Kier alpha value is 0.501. The molecule has 1 atom stereocenters. The normalized spacial score (nSPS) is 19.8. The van der Waals surface area contributed by atoms with Crippen molar-refractivity contribution in [2.75, 3.05) is 0 Å². The molecule has 0 saturated heterocycles. The summed E-state index contributed by atoms with van der Waals surface area (Å²) in [4.78, 5) is 0.